The quantitative estimate of drug-likeness (QED) is 0.647. The second kappa shape index (κ2) is 7.18. The molecule has 25 heavy (non-hydrogen) atoms. The van der Waals surface area contributed by atoms with Crippen molar-refractivity contribution in [2.45, 2.75) is 19.8 Å². The molecule has 4 heteroatoms. The van der Waals surface area contributed by atoms with Crippen LogP contribution in [0.25, 0.3) is 10.8 Å². The molecular weight excluding hydrogens is 312 g/mol. The average molecular weight is 332 g/mol. The average Bonchev–Trinajstić information content (AvgIpc) is 2.62. The van der Waals surface area contributed by atoms with Crippen molar-refractivity contribution in [2.24, 2.45) is 0 Å². The summed E-state index contributed by atoms with van der Waals surface area (Å²) in [5, 5.41) is 4.68. The second-order valence-corrected chi connectivity index (χ2v) is 6.07. The van der Waals surface area contributed by atoms with Gasteiger partial charge in [-0.3, -0.25) is 4.79 Å². The van der Waals surface area contributed by atoms with Gasteiger partial charge in [0.25, 0.3) is 0 Å². The Morgan fingerprint density at radius 2 is 2.04 bits per heavy atom. The SMILES string of the molecule is C=CC(=O)Nc1ccc2c(Oc3ccc(C(C)C)cn3)cccc2c1. The van der Waals surface area contributed by atoms with E-state index in [9.17, 15) is 4.79 Å². The minimum absolute atomic E-state index is 0.235. The number of hydrogen-bond acceptors (Lipinski definition) is 3. The molecule has 0 saturated heterocycles. The Morgan fingerprint density at radius 1 is 1.20 bits per heavy atom. The second-order valence-electron chi connectivity index (χ2n) is 6.07. The first-order valence-electron chi connectivity index (χ1n) is 8.17. The fraction of sp³-hybridized carbons (Fsp3) is 0.143. The Hall–Kier alpha value is -3.14. The molecule has 4 nitrogen and oxygen atoms in total. The monoisotopic (exact) mass is 332 g/mol. The van der Waals surface area contributed by atoms with Crippen molar-refractivity contribution in [1.82, 2.24) is 4.98 Å². The third-order valence-corrected chi connectivity index (χ3v) is 3.93. The van der Waals surface area contributed by atoms with E-state index in [1.54, 1.807) is 0 Å². The molecule has 0 spiro atoms. The molecule has 1 aromatic heterocycles. The number of nitrogens with zero attached hydrogens (tertiary/aromatic N) is 1. The van der Waals surface area contributed by atoms with E-state index in [1.807, 2.05) is 54.7 Å². The zero-order valence-electron chi connectivity index (χ0n) is 14.3. The first-order chi connectivity index (χ1) is 12.1. The van der Waals surface area contributed by atoms with Crippen LogP contribution in [0.4, 0.5) is 5.69 Å². The third kappa shape index (κ3) is 3.86. The van der Waals surface area contributed by atoms with E-state index in [-0.39, 0.29) is 5.91 Å². The Morgan fingerprint density at radius 3 is 2.72 bits per heavy atom. The molecule has 1 heterocycles. The number of aromatic nitrogens is 1. The highest BCUT2D eigenvalue weighted by molar-refractivity contribution is 6.01. The maximum absolute atomic E-state index is 11.4. The number of rotatable bonds is 5. The summed E-state index contributed by atoms with van der Waals surface area (Å²) < 4.78 is 5.95. The topological polar surface area (TPSA) is 51.2 Å². The third-order valence-electron chi connectivity index (χ3n) is 3.93. The molecule has 0 fully saturated rings. The zero-order valence-corrected chi connectivity index (χ0v) is 14.3. The van der Waals surface area contributed by atoms with Gasteiger partial charge in [-0.05, 0) is 47.2 Å². The predicted octanol–water partition coefficient (Wildman–Crippen LogP) is 5.28. The molecule has 0 saturated carbocycles. The molecule has 3 rings (SSSR count). The van der Waals surface area contributed by atoms with Crippen LogP contribution in [0.15, 0.2) is 67.4 Å². The number of pyridine rings is 1. The first kappa shape index (κ1) is 16.7. The number of hydrogen-bond donors (Lipinski definition) is 1. The molecule has 0 aliphatic rings. The summed E-state index contributed by atoms with van der Waals surface area (Å²) in [5.74, 6) is 1.48. The number of carbonyl (C=O) groups excluding carboxylic acids is 1. The molecule has 0 atom stereocenters. The van der Waals surface area contributed by atoms with Gasteiger partial charge in [-0.25, -0.2) is 4.98 Å². The first-order valence-corrected chi connectivity index (χ1v) is 8.17. The summed E-state index contributed by atoms with van der Waals surface area (Å²) in [4.78, 5) is 15.8. The van der Waals surface area contributed by atoms with Gasteiger partial charge >= 0.3 is 0 Å². The minimum atomic E-state index is -0.235. The van der Waals surface area contributed by atoms with Gasteiger partial charge in [-0.1, -0.05) is 38.6 Å². The van der Waals surface area contributed by atoms with Gasteiger partial charge in [0.1, 0.15) is 5.75 Å². The fourth-order valence-electron chi connectivity index (χ4n) is 2.52. The van der Waals surface area contributed by atoms with Crippen molar-refractivity contribution in [3.8, 4) is 11.6 Å². The van der Waals surface area contributed by atoms with E-state index >= 15 is 0 Å². The highest BCUT2D eigenvalue weighted by Gasteiger charge is 2.07. The molecule has 1 N–H and O–H groups in total. The van der Waals surface area contributed by atoms with Gasteiger partial charge in [-0.15, -0.1) is 0 Å². The Kier molecular flexibility index (Phi) is 4.80. The van der Waals surface area contributed by atoms with E-state index in [0.717, 1.165) is 16.5 Å². The molecule has 3 aromatic rings. The maximum Gasteiger partial charge on any atom is 0.247 e. The van der Waals surface area contributed by atoms with Crippen molar-refractivity contribution in [3.05, 3.63) is 72.9 Å². The van der Waals surface area contributed by atoms with Crippen LogP contribution in [0.1, 0.15) is 25.3 Å². The van der Waals surface area contributed by atoms with Gasteiger partial charge < -0.3 is 10.1 Å². The van der Waals surface area contributed by atoms with Crippen LogP contribution in [-0.4, -0.2) is 10.9 Å². The smallest absolute Gasteiger partial charge is 0.247 e. The number of amides is 1. The van der Waals surface area contributed by atoms with Crippen LogP contribution < -0.4 is 10.1 Å². The Balaban J connectivity index is 1.88. The molecule has 0 aliphatic carbocycles. The van der Waals surface area contributed by atoms with E-state index in [1.165, 1.54) is 11.6 Å². The number of ether oxygens (including phenoxy) is 1. The molecule has 0 unspecified atom stereocenters. The van der Waals surface area contributed by atoms with Gasteiger partial charge in [0, 0.05) is 23.3 Å². The predicted molar refractivity (Wildman–Crippen MR) is 101 cm³/mol. The van der Waals surface area contributed by atoms with Crippen LogP contribution in [0.3, 0.4) is 0 Å². The van der Waals surface area contributed by atoms with Crippen molar-refractivity contribution < 1.29 is 9.53 Å². The molecule has 1 amide bonds. The van der Waals surface area contributed by atoms with Crippen molar-refractivity contribution in [1.29, 1.82) is 0 Å². The summed E-state index contributed by atoms with van der Waals surface area (Å²) >= 11 is 0. The van der Waals surface area contributed by atoms with E-state index in [0.29, 0.717) is 17.5 Å². The largest absolute Gasteiger partial charge is 0.438 e. The van der Waals surface area contributed by atoms with E-state index < -0.39 is 0 Å². The number of benzene rings is 2. The van der Waals surface area contributed by atoms with E-state index in [4.69, 9.17) is 4.74 Å². The summed E-state index contributed by atoms with van der Waals surface area (Å²) in [7, 11) is 0. The van der Waals surface area contributed by atoms with Crippen molar-refractivity contribution in [2.75, 3.05) is 5.32 Å². The van der Waals surface area contributed by atoms with Gasteiger partial charge in [0.15, 0.2) is 0 Å². The standard InChI is InChI=1S/C21H20N2O2/c1-4-20(24)23-17-9-10-18-15(12-17)6-5-7-19(18)25-21-11-8-16(13-22-21)14(2)3/h4-14H,1H2,2-3H3,(H,23,24). The van der Waals surface area contributed by atoms with Crippen LogP contribution in [-0.2, 0) is 4.79 Å². The summed E-state index contributed by atoms with van der Waals surface area (Å²) in [6.45, 7) is 7.72. The highest BCUT2D eigenvalue weighted by atomic mass is 16.5. The van der Waals surface area contributed by atoms with Crippen molar-refractivity contribution in [3.63, 3.8) is 0 Å². The Labute approximate surface area is 147 Å². The lowest BCUT2D eigenvalue weighted by Crippen LogP contribution is -2.06. The number of anilines is 1. The lowest BCUT2D eigenvalue weighted by molar-refractivity contribution is -0.111. The molecule has 126 valence electrons. The summed E-state index contributed by atoms with van der Waals surface area (Å²) in [6.07, 6.45) is 3.09. The number of carbonyl (C=O) groups is 1. The molecule has 2 aromatic carbocycles. The summed E-state index contributed by atoms with van der Waals surface area (Å²) in [5.41, 5.74) is 1.89. The van der Waals surface area contributed by atoms with Gasteiger partial charge in [-0.2, -0.15) is 0 Å². The van der Waals surface area contributed by atoms with Crippen LogP contribution >= 0.6 is 0 Å². The molecule has 0 bridgehead atoms. The lowest BCUT2D eigenvalue weighted by atomic mass is 10.1. The van der Waals surface area contributed by atoms with Crippen molar-refractivity contribution >= 4 is 22.4 Å². The van der Waals surface area contributed by atoms with Crippen LogP contribution in [0.5, 0.6) is 11.6 Å². The number of nitrogens with one attached hydrogen (secondary N) is 1. The van der Waals surface area contributed by atoms with Crippen LogP contribution in [0.2, 0.25) is 0 Å². The molecular formula is C21H20N2O2. The maximum atomic E-state index is 11.4. The van der Waals surface area contributed by atoms with Gasteiger partial charge in [0.05, 0.1) is 0 Å². The fourth-order valence-corrected chi connectivity index (χ4v) is 2.52. The number of fused-ring (bicyclic) bond motifs is 1. The van der Waals surface area contributed by atoms with Crippen LogP contribution in [0, 0.1) is 0 Å². The minimum Gasteiger partial charge on any atom is -0.438 e. The highest BCUT2D eigenvalue weighted by Crippen LogP contribution is 2.31. The molecule has 0 radical (unpaired) electrons. The van der Waals surface area contributed by atoms with Gasteiger partial charge in [0.2, 0.25) is 11.8 Å². The normalized spacial score (nSPS) is 10.7. The molecule has 0 aliphatic heterocycles. The zero-order chi connectivity index (χ0) is 17.8. The van der Waals surface area contributed by atoms with E-state index in [2.05, 4.69) is 30.7 Å². The Bertz CT molecular complexity index is 915. The summed E-state index contributed by atoms with van der Waals surface area (Å²) in [6, 6.07) is 15.4. The lowest BCUT2D eigenvalue weighted by Gasteiger charge is -2.11.